The summed E-state index contributed by atoms with van der Waals surface area (Å²) in [6, 6.07) is 13.8. The van der Waals surface area contributed by atoms with Crippen molar-refractivity contribution < 1.29 is 23.7 Å². The summed E-state index contributed by atoms with van der Waals surface area (Å²) in [6.45, 7) is 2.93. The van der Waals surface area contributed by atoms with E-state index in [1.807, 2.05) is 36.4 Å². The van der Waals surface area contributed by atoms with Gasteiger partial charge < -0.3 is 29.0 Å². The van der Waals surface area contributed by atoms with Gasteiger partial charge in [0, 0.05) is 24.2 Å². The molecule has 0 saturated heterocycles. The Morgan fingerprint density at radius 3 is 2.78 bits per heavy atom. The Labute approximate surface area is 186 Å². The molecule has 0 radical (unpaired) electrons. The Morgan fingerprint density at radius 2 is 1.94 bits per heavy atom. The first-order chi connectivity index (χ1) is 15.8. The van der Waals surface area contributed by atoms with Crippen molar-refractivity contribution in [1.29, 1.82) is 0 Å². The third kappa shape index (κ3) is 4.64. The molecule has 166 valence electrons. The third-order valence-corrected chi connectivity index (χ3v) is 5.53. The average molecular weight is 434 g/mol. The standard InChI is InChI=1S/C25H26N2O5/c1-28-19-5-6-22-21(13-19)23(8-9-26-22)32-16-20-4-3-18(15-31-20)27-14-17-2-7-24-25(12-17)30-11-10-29-24/h2-9,12-13,18,20,27H,10-11,14-16H2,1H3/t18-,20+/m1/s1. The molecule has 5 rings (SSSR count). The fraction of sp³-hybridized carbons (Fsp3) is 0.320. The fourth-order valence-electron chi connectivity index (χ4n) is 3.80. The van der Waals surface area contributed by atoms with Gasteiger partial charge in [-0.25, -0.2) is 0 Å². The van der Waals surface area contributed by atoms with Crippen molar-refractivity contribution in [3.05, 3.63) is 66.4 Å². The highest BCUT2D eigenvalue weighted by Gasteiger charge is 2.18. The molecule has 2 aliphatic rings. The first kappa shape index (κ1) is 20.6. The molecular formula is C25H26N2O5. The second-order valence-corrected chi connectivity index (χ2v) is 7.73. The van der Waals surface area contributed by atoms with Gasteiger partial charge in [-0.2, -0.15) is 0 Å². The van der Waals surface area contributed by atoms with E-state index in [1.54, 1.807) is 13.3 Å². The molecule has 2 aliphatic heterocycles. The summed E-state index contributed by atoms with van der Waals surface area (Å²) in [5, 5.41) is 4.43. The van der Waals surface area contributed by atoms with Crippen molar-refractivity contribution >= 4 is 10.9 Å². The number of hydrogen-bond acceptors (Lipinski definition) is 7. The number of nitrogens with one attached hydrogen (secondary N) is 1. The molecular weight excluding hydrogens is 408 g/mol. The molecule has 0 amide bonds. The lowest BCUT2D eigenvalue weighted by atomic mass is 10.1. The van der Waals surface area contributed by atoms with Crippen LogP contribution in [0.25, 0.3) is 10.9 Å². The van der Waals surface area contributed by atoms with Gasteiger partial charge in [0.15, 0.2) is 11.5 Å². The van der Waals surface area contributed by atoms with Crippen LogP contribution in [-0.2, 0) is 11.3 Å². The smallest absolute Gasteiger partial charge is 0.161 e. The van der Waals surface area contributed by atoms with E-state index in [0.29, 0.717) is 26.4 Å². The maximum atomic E-state index is 6.06. The number of aromatic nitrogens is 1. The van der Waals surface area contributed by atoms with Gasteiger partial charge >= 0.3 is 0 Å². The first-order valence-corrected chi connectivity index (χ1v) is 10.8. The molecule has 0 saturated carbocycles. The molecule has 1 N–H and O–H groups in total. The molecule has 7 heteroatoms. The zero-order valence-corrected chi connectivity index (χ0v) is 18.0. The second-order valence-electron chi connectivity index (χ2n) is 7.73. The minimum absolute atomic E-state index is 0.101. The molecule has 3 aromatic rings. The molecule has 2 aromatic carbocycles. The van der Waals surface area contributed by atoms with E-state index in [9.17, 15) is 0 Å². The molecule has 0 fully saturated rings. The lowest BCUT2D eigenvalue weighted by Crippen LogP contribution is -2.37. The van der Waals surface area contributed by atoms with Crippen molar-refractivity contribution in [2.45, 2.75) is 18.7 Å². The van der Waals surface area contributed by atoms with Gasteiger partial charge in [-0.05, 0) is 42.0 Å². The van der Waals surface area contributed by atoms with Gasteiger partial charge in [0.2, 0.25) is 0 Å². The Balaban J connectivity index is 1.15. The molecule has 0 bridgehead atoms. The molecule has 7 nitrogen and oxygen atoms in total. The van der Waals surface area contributed by atoms with E-state index in [1.165, 1.54) is 0 Å². The second kappa shape index (κ2) is 9.46. The van der Waals surface area contributed by atoms with Crippen molar-refractivity contribution in [2.24, 2.45) is 0 Å². The maximum Gasteiger partial charge on any atom is 0.161 e. The zero-order valence-electron chi connectivity index (χ0n) is 18.0. The zero-order chi connectivity index (χ0) is 21.8. The molecule has 3 heterocycles. The van der Waals surface area contributed by atoms with E-state index in [2.05, 4.69) is 28.5 Å². The SMILES string of the molecule is COc1ccc2nccc(OC[C@@H]3C=C[C@@H](NCc4ccc5c(c4)OCCO5)CO3)c2c1. The topological polar surface area (TPSA) is 71.1 Å². The van der Waals surface area contributed by atoms with E-state index < -0.39 is 0 Å². The van der Waals surface area contributed by atoms with Crippen LogP contribution in [0.4, 0.5) is 0 Å². The van der Waals surface area contributed by atoms with Crippen LogP contribution in [0.3, 0.4) is 0 Å². The van der Waals surface area contributed by atoms with Crippen LogP contribution in [0.5, 0.6) is 23.0 Å². The molecule has 0 unspecified atom stereocenters. The summed E-state index contributed by atoms with van der Waals surface area (Å²) in [7, 11) is 1.65. The van der Waals surface area contributed by atoms with Crippen LogP contribution >= 0.6 is 0 Å². The van der Waals surface area contributed by atoms with Crippen LogP contribution in [0.1, 0.15) is 5.56 Å². The minimum Gasteiger partial charge on any atom is -0.497 e. The van der Waals surface area contributed by atoms with E-state index >= 15 is 0 Å². The Hall–Kier alpha value is -3.29. The largest absolute Gasteiger partial charge is 0.497 e. The fourth-order valence-corrected chi connectivity index (χ4v) is 3.80. The van der Waals surface area contributed by atoms with Crippen molar-refractivity contribution in [3.63, 3.8) is 0 Å². The van der Waals surface area contributed by atoms with Gasteiger partial charge in [-0.1, -0.05) is 18.2 Å². The van der Waals surface area contributed by atoms with E-state index in [-0.39, 0.29) is 12.1 Å². The van der Waals surface area contributed by atoms with Crippen molar-refractivity contribution in [2.75, 3.05) is 33.5 Å². The first-order valence-electron chi connectivity index (χ1n) is 10.8. The normalized spacial score (nSPS) is 19.7. The van der Waals surface area contributed by atoms with Crippen molar-refractivity contribution in [1.82, 2.24) is 10.3 Å². The highest BCUT2D eigenvalue weighted by atomic mass is 16.6. The molecule has 2 atom stereocenters. The predicted octanol–water partition coefficient (Wildman–Crippen LogP) is 3.51. The lowest BCUT2D eigenvalue weighted by molar-refractivity contribution is 0.0344. The molecule has 0 spiro atoms. The summed E-state index contributed by atoms with van der Waals surface area (Å²) in [5.74, 6) is 3.16. The number of hydrogen-bond donors (Lipinski definition) is 1. The number of benzene rings is 2. The third-order valence-electron chi connectivity index (χ3n) is 5.53. The Bertz CT molecular complexity index is 1120. The van der Waals surface area contributed by atoms with Crippen LogP contribution < -0.4 is 24.3 Å². The maximum absolute atomic E-state index is 6.06. The van der Waals surface area contributed by atoms with Crippen LogP contribution in [0.2, 0.25) is 0 Å². The lowest BCUT2D eigenvalue weighted by Gasteiger charge is -2.25. The van der Waals surface area contributed by atoms with Crippen LogP contribution in [-0.4, -0.2) is 50.7 Å². The molecule has 0 aliphatic carbocycles. The Morgan fingerprint density at radius 1 is 1.03 bits per heavy atom. The van der Waals surface area contributed by atoms with Gasteiger partial charge in [0.05, 0.1) is 19.2 Å². The van der Waals surface area contributed by atoms with Gasteiger partial charge in [0.1, 0.15) is 37.4 Å². The average Bonchev–Trinajstić information content (AvgIpc) is 2.86. The molecule has 32 heavy (non-hydrogen) atoms. The summed E-state index contributed by atoms with van der Waals surface area (Å²) >= 11 is 0. The number of pyridine rings is 1. The summed E-state index contributed by atoms with van der Waals surface area (Å²) < 4.78 is 28.6. The minimum atomic E-state index is -0.101. The summed E-state index contributed by atoms with van der Waals surface area (Å²) in [4.78, 5) is 4.39. The van der Waals surface area contributed by atoms with Gasteiger partial charge in [0.25, 0.3) is 0 Å². The predicted molar refractivity (Wildman–Crippen MR) is 121 cm³/mol. The van der Waals surface area contributed by atoms with E-state index in [4.69, 9.17) is 23.7 Å². The van der Waals surface area contributed by atoms with E-state index in [0.717, 1.165) is 46.0 Å². The number of nitrogens with zero attached hydrogens (tertiary/aromatic N) is 1. The van der Waals surface area contributed by atoms with Crippen LogP contribution in [0.15, 0.2) is 60.8 Å². The van der Waals surface area contributed by atoms with Crippen LogP contribution in [0, 0.1) is 0 Å². The monoisotopic (exact) mass is 434 g/mol. The number of methoxy groups -OCH3 is 1. The Kier molecular flexibility index (Phi) is 6.09. The number of fused-ring (bicyclic) bond motifs is 2. The highest BCUT2D eigenvalue weighted by Crippen LogP contribution is 2.31. The van der Waals surface area contributed by atoms with Gasteiger partial charge in [-0.15, -0.1) is 0 Å². The number of rotatable bonds is 7. The quantitative estimate of drug-likeness (QED) is 0.571. The summed E-state index contributed by atoms with van der Waals surface area (Å²) in [5.41, 5.74) is 2.01. The van der Waals surface area contributed by atoms with Crippen molar-refractivity contribution in [3.8, 4) is 23.0 Å². The summed E-state index contributed by atoms with van der Waals surface area (Å²) in [6.07, 6.45) is 5.84. The molecule has 1 aromatic heterocycles. The highest BCUT2D eigenvalue weighted by molar-refractivity contribution is 5.86. The van der Waals surface area contributed by atoms with Gasteiger partial charge in [-0.3, -0.25) is 4.98 Å². The number of ether oxygens (including phenoxy) is 5.